The SMILES string of the molecule is CC(=O)N1CCc2c(cn(-c3ccc(F)cc3)c(=O)c2C(=O)N2Cc3ccncc3C2)C1. The molecule has 2 aliphatic rings. The third kappa shape index (κ3) is 3.37. The van der Waals surface area contributed by atoms with E-state index >= 15 is 0 Å². The molecular weight excluding hydrogens is 411 g/mol. The monoisotopic (exact) mass is 432 g/mol. The number of halogens is 1. The lowest BCUT2D eigenvalue weighted by Gasteiger charge is -2.30. The number of hydrogen-bond donors (Lipinski definition) is 0. The second-order valence-electron chi connectivity index (χ2n) is 8.16. The third-order valence-electron chi connectivity index (χ3n) is 6.18. The summed E-state index contributed by atoms with van der Waals surface area (Å²) in [7, 11) is 0. The first kappa shape index (κ1) is 20.1. The van der Waals surface area contributed by atoms with Crippen LogP contribution in [0.25, 0.3) is 5.69 Å². The summed E-state index contributed by atoms with van der Waals surface area (Å²) in [6, 6.07) is 7.43. The molecular formula is C24H21FN4O3. The fraction of sp³-hybridized carbons (Fsp3) is 0.250. The Morgan fingerprint density at radius 3 is 2.41 bits per heavy atom. The molecule has 0 bridgehead atoms. The summed E-state index contributed by atoms with van der Waals surface area (Å²) in [6.45, 7) is 3.07. The van der Waals surface area contributed by atoms with Crippen LogP contribution in [-0.2, 0) is 30.8 Å². The number of amides is 2. The zero-order valence-electron chi connectivity index (χ0n) is 17.5. The van der Waals surface area contributed by atoms with Crippen molar-refractivity contribution in [3.05, 3.63) is 92.9 Å². The van der Waals surface area contributed by atoms with Gasteiger partial charge < -0.3 is 9.80 Å². The summed E-state index contributed by atoms with van der Waals surface area (Å²) >= 11 is 0. The Morgan fingerprint density at radius 2 is 1.69 bits per heavy atom. The number of aromatic nitrogens is 2. The van der Waals surface area contributed by atoms with Gasteiger partial charge in [-0.1, -0.05) is 0 Å². The van der Waals surface area contributed by atoms with Crippen LogP contribution in [0.4, 0.5) is 4.39 Å². The van der Waals surface area contributed by atoms with E-state index in [9.17, 15) is 18.8 Å². The quantitative estimate of drug-likeness (QED) is 0.623. The molecule has 1 aromatic carbocycles. The van der Waals surface area contributed by atoms with Gasteiger partial charge in [0.1, 0.15) is 11.4 Å². The van der Waals surface area contributed by atoms with Crippen LogP contribution in [0.2, 0.25) is 0 Å². The van der Waals surface area contributed by atoms with Gasteiger partial charge in [0, 0.05) is 57.4 Å². The van der Waals surface area contributed by atoms with Gasteiger partial charge in [-0.15, -0.1) is 0 Å². The minimum absolute atomic E-state index is 0.0643. The summed E-state index contributed by atoms with van der Waals surface area (Å²) in [5, 5.41) is 0. The molecule has 2 amide bonds. The zero-order chi connectivity index (χ0) is 22.4. The molecule has 2 aromatic heterocycles. The molecule has 0 aliphatic carbocycles. The van der Waals surface area contributed by atoms with Crippen molar-refractivity contribution in [1.29, 1.82) is 0 Å². The first-order valence-corrected chi connectivity index (χ1v) is 10.4. The van der Waals surface area contributed by atoms with Crippen molar-refractivity contribution in [3.63, 3.8) is 0 Å². The fourth-order valence-electron chi connectivity index (χ4n) is 4.46. The topological polar surface area (TPSA) is 75.5 Å². The molecule has 0 fully saturated rings. The fourth-order valence-corrected chi connectivity index (χ4v) is 4.46. The number of carbonyl (C=O) groups excluding carboxylic acids is 2. The average Bonchev–Trinajstić information content (AvgIpc) is 3.23. The number of rotatable bonds is 2. The third-order valence-corrected chi connectivity index (χ3v) is 6.18. The molecule has 0 saturated heterocycles. The summed E-state index contributed by atoms with van der Waals surface area (Å²) < 4.78 is 14.8. The van der Waals surface area contributed by atoms with E-state index in [-0.39, 0.29) is 17.4 Å². The van der Waals surface area contributed by atoms with Gasteiger partial charge in [0.2, 0.25) is 5.91 Å². The van der Waals surface area contributed by atoms with Gasteiger partial charge in [0.25, 0.3) is 11.5 Å². The summed E-state index contributed by atoms with van der Waals surface area (Å²) in [5.41, 5.74) is 3.55. The highest BCUT2D eigenvalue weighted by molar-refractivity contribution is 5.96. The van der Waals surface area contributed by atoms with Crippen LogP contribution in [0.15, 0.2) is 53.7 Å². The van der Waals surface area contributed by atoms with E-state index in [4.69, 9.17) is 0 Å². The van der Waals surface area contributed by atoms with Crippen LogP contribution >= 0.6 is 0 Å². The van der Waals surface area contributed by atoms with Crippen LogP contribution in [-0.4, -0.2) is 37.7 Å². The highest BCUT2D eigenvalue weighted by Crippen LogP contribution is 2.27. The van der Waals surface area contributed by atoms with Crippen LogP contribution in [0.1, 0.15) is 39.5 Å². The van der Waals surface area contributed by atoms with Crippen molar-refractivity contribution in [2.45, 2.75) is 33.0 Å². The molecule has 2 aliphatic heterocycles. The standard InChI is InChI=1S/C24H21FN4O3/c1-15(30)27-9-7-21-18(13-27)14-29(20-4-2-19(25)3-5-20)24(32)22(21)23(31)28-11-16-6-8-26-10-17(16)12-28/h2-6,8,10,14H,7,9,11-13H2,1H3. The van der Waals surface area contributed by atoms with Gasteiger partial charge in [-0.25, -0.2) is 4.39 Å². The first-order chi connectivity index (χ1) is 15.4. The van der Waals surface area contributed by atoms with Gasteiger partial charge in [-0.3, -0.25) is 23.9 Å². The van der Waals surface area contributed by atoms with Gasteiger partial charge >= 0.3 is 0 Å². The molecule has 0 N–H and O–H groups in total. The Morgan fingerprint density at radius 1 is 0.969 bits per heavy atom. The molecule has 0 atom stereocenters. The Balaban J connectivity index is 1.62. The highest BCUT2D eigenvalue weighted by atomic mass is 19.1. The lowest BCUT2D eigenvalue weighted by Crippen LogP contribution is -2.40. The molecule has 0 spiro atoms. The van der Waals surface area contributed by atoms with E-state index in [0.29, 0.717) is 43.9 Å². The number of pyridine rings is 2. The summed E-state index contributed by atoms with van der Waals surface area (Å²) in [5.74, 6) is -0.817. The van der Waals surface area contributed by atoms with E-state index < -0.39 is 11.4 Å². The second-order valence-corrected chi connectivity index (χ2v) is 8.16. The molecule has 7 nitrogen and oxygen atoms in total. The van der Waals surface area contributed by atoms with E-state index in [1.165, 1.54) is 35.8 Å². The maximum atomic E-state index is 13.6. The highest BCUT2D eigenvalue weighted by Gasteiger charge is 2.32. The Bertz CT molecular complexity index is 1270. The smallest absolute Gasteiger partial charge is 0.268 e. The minimum atomic E-state index is -0.439. The molecule has 32 heavy (non-hydrogen) atoms. The molecule has 162 valence electrons. The lowest BCUT2D eigenvalue weighted by molar-refractivity contribution is -0.129. The average molecular weight is 432 g/mol. The lowest BCUT2D eigenvalue weighted by atomic mass is 9.95. The maximum Gasteiger partial charge on any atom is 0.268 e. The molecule has 3 aromatic rings. The second kappa shape index (κ2) is 7.71. The largest absolute Gasteiger partial charge is 0.338 e. The van der Waals surface area contributed by atoms with E-state index in [2.05, 4.69) is 4.98 Å². The van der Waals surface area contributed by atoms with Crippen molar-refractivity contribution in [2.24, 2.45) is 0 Å². The van der Waals surface area contributed by atoms with Gasteiger partial charge in [0.15, 0.2) is 0 Å². The van der Waals surface area contributed by atoms with Crippen LogP contribution in [0.5, 0.6) is 0 Å². The maximum absolute atomic E-state index is 13.6. The molecule has 5 rings (SSSR count). The van der Waals surface area contributed by atoms with Crippen LogP contribution in [0.3, 0.4) is 0 Å². The Kier molecular flexibility index (Phi) is 4.84. The molecule has 4 heterocycles. The normalized spacial score (nSPS) is 14.8. The van der Waals surface area contributed by atoms with Gasteiger partial charge in [0.05, 0.1) is 0 Å². The number of fused-ring (bicyclic) bond motifs is 2. The Labute approximate surface area is 183 Å². The number of hydrogen-bond acceptors (Lipinski definition) is 4. The molecule has 0 radical (unpaired) electrons. The van der Waals surface area contributed by atoms with E-state index in [0.717, 1.165) is 16.7 Å². The molecule has 8 heteroatoms. The zero-order valence-corrected chi connectivity index (χ0v) is 17.5. The Hall–Kier alpha value is -3.81. The van der Waals surface area contributed by atoms with Gasteiger partial charge in [-0.2, -0.15) is 0 Å². The van der Waals surface area contributed by atoms with Gasteiger partial charge in [-0.05, 0) is 59.0 Å². The van der Waals surface area contributed by atoms with Crippen molar-refractivity contribution in [2.75, 3.05) is 6.54 Å². The van der Waals surface area contributed by atoms with E-state index in [1.54, 1.807) is 28.4 Å². The van der Waals surface area contributed by atoms with Crippen LogP contribution < -0.4 is 5.56 Å². The van der Waals surface area contributed by atoms with E-state index in [1.807, 2.05) is 6.07 Å². The van der Waals surface area contributed by atoms with Crippen LogP contribution in [0, 0.1) is 5.82 Å². The first-order valence-electron chi connectivity index (χ1n) is 10.4. The predicted octanol–water partition coefficient (Wildman–Crippen LogP) is 2.43. The molecule has 0 saturated carbocycles. The van der Waals surface area contributed by atoms with Crippen molar-refractivity contribution in [1.82, 2.24) is 19.4 Å². The van der Waals surface area contributed by atoms with Crippen molar-refractivity contribution < 1.29 is 14.0 Å². The van der Waals surface area contributed by atoms with Crippen molar-refractivity contribution >= 4 is 11.8 Å². The number of benzene rings is 1. The number of carbonyl (C=O) groups is 2. The minimum Gasteiger partial charge on any atom is -0.338 e. The summed E-state index contributed by atoms with van der Waals surface area (Å²) in [4.78, 5) is 46.6. The predicted molar refractivity (Wildman–Crippen MR) is 115 cm³/mol. The summed E-state index contributed by atoms with van der Waals surface area (Å²) in [6.07, 6.45) is 5.52. The van der Waals surface area contributed by atoms with Crippen molar-refractivity contribution in [3.8, 4) is 5.69 Å². The number of nitrogens with zero attached hydrogens (tertiary/aromatic N) is 4. The molecule has 0 unspecified atom stereocenters.